The fourth-order valence-corrected chi connectivity index (χ4v) is 1.51. The minimum Gasteiger partial charge on any atom is -0.395 e. The number of rotatable bonds is 9. The van der Waals surface area contributed by atoms with Crippen molar-refractivity contribution >= 4 is 5.69 Å². The van der Waals surface area contributed by atoms with Crippen molar-refractivity contribution in [3.63, 3.8) is 0 Å². The summed E-state index contributed by atoms with van der Waals surface area (Å²) in [5, 5.41) is 25.4. The maximum atomic E-state index is 10.5. The highest BCUT2D eigenvalue weighted by Gasteiger charge is 2.03. The molecule has 0 atom stereocenters. The Bertz CT molecular complexity index is 354. The van der Waals surface area contributed by atoms with Crippen molar-refractivity contribution in [3.05, 3.63) is 39.9 Å². The van der Waals surface area contributed by atoms with Crippen molar-refractivity contribution < 1.29 is 10.0 Å². The van der Waals surface area contributed by atoms with E-state index in [0.29, 0.717) is 13.1 Å². The lowest BCUT2D eigenvalue weighted by atomic mass is 10.2. The molecule has 0 bridgehead atoms. The lowest BCUT2D eigenvalue weighted by molar-refractivity contribution is -0.384. The van der Waals surface area contributed by atoms with Crippen LogP contribution in [0, 0.1) is 10.1 Å². The van der Waals surface area contributed by atoms with Crippen LogP contribution in [0.1, 0.15) is 12.0 Å². The average Bonchev–Trinajstić information content (AvgIpc) is 2.38. The van der Waals surface area contributed by atoms with E-state index in [2.05, 4.69) is 10.6 Å². The Balaban J connectivity index is 2.14. The zero-order valence-corrected chi connectivity index (χ0v) is 10.3. The summed E-state index contributed by atoms with van der Waals surface area (Å²) >= 11 is 0. The van der Waals surface area contributed by atoms with Gasteiger partial charge in [0.25, 0.3) is 5.69 Å². The fourth-order valence-electron chi connectivity index (χ4n) is 1.51. The molecule has 100 valence electrons. The highest BCUT2D eigenvalue weighted by Crippen LogP contribution is 2.11. The van der Waals surface area contributed by atoms with E-state index in [1.165, 1.54) is 12.1 Å². The van der Waals surface area contributed by atoms with Crippen LogP contribution in [0.2, 0.25) is 0 Å². The summed E-state index contributed by atoms with van der Waals surface area (Å²) in [5.74, 6) is 0. The van der Waals surface area contributed by atoms with Gasteiger partial charge in [-0.15, -0.1) is 0 Å². The van der Waals surface area contributed by atoms with Gasteiger partial charge in [0.05, 0.1) is 11.5 Å². The molecule has 1 aromatic rings. The second kappa shape index (κ2) is 8.57. The second-order valence-corrected chi connectivity index (χ2v) is 3.93. The Labute approximate surface area is 106 Å². The Hall–Kier alpha value is -1.50. The zero-order valence-electron chi connectivity index (χ0n) is 10.3. The van der Waals surface area contributed by atoms with Crippen LogP contribution in [-0.2, 0) is 6.54 Å². The smallest absolute Gasteiger partial charge is 0.269 e. The first-order chi connectivity index (χ1) is 8.74. The number of non-ortho nitro benzene ring substituents is 1. The Morgan fingerprint density at radius 2 is 1.78 bits per heavy atom. The summed E-state index contributed by atoms with van der Waals surface area (Å²) in [6, 6.07) is 6.55. The number of aliphatic hydroxyl groups excluding tert-OH is 1. The molecule has 1 rings (SSSR count). The fraction of sp³-hybridized carbons (Fsp3) is 0.500. The predicted octanol–water partition coefficient (Wildman–Crippen LogP) is 0.656. The molecule has 0 spiro atoms. The number of nitro groups is 1. The number of hydrogen-bond donors (Lipinski definition) is 3. The van der Waals surface area contributed by atoms with Crippen molar-refractivity contribution in [2.45, 2.75) is 13.0 Å². The lowest BCUT2D eigenvalue weighted by Crippen LogP contribution is -2.23. The zero-order chi connectivity index (χ0) is 13.2. The van der Waals surface area contributed by atoms with Gasteiger partial charge in [-0.1, -0.05) is 12.1 Å². The third kappa shape index (κ3) is 5.72. The van der Waals surface area contributed by atoms with Crippen LogP contribution in [0.15, 0.2) is 24.3 Å². The van der Waals surface area contributed by atoms with E-state index < -0.39 is 4.92 Å². The summed E-state index contributed by atoms with van der Waals surface area (Å²) in [6.07, 6.45) is 0.979. The van der Waals surface area contributed by atoms with E-state index in [1.54, 1.807) is 12.1 Å². The average molecular weight is 253 g/mol. The van der Waals surface area contributed by atoms with Gasteiger partial charge in [0.15, 0.2) is 0 Å². The van der Waals surface area contributed by atoms with Crippen molar-refractivity contribution in [1.82, 2.24) is 10.6 Å². The van der Waals surface area contributed by atoms with Gasteiger partial charge in [0, 0.05) is 25.2 Å². The molecule has 0 unspecified atom stereocenters. The first-order valence-corrected chi connectivity index (χ1v) is 5.99. The number of nitrogens with one attached hydrogen (secondary N) is 2. The van der Waals surface area contributed by atoms with Gasteiger partial charge in [-0.25, -0.2) is 0 Å². The van der Waals surface area contributed by atoms with E-state index in [0.717, 1.165) is 25.1 Å². The standard InChI is InChI=1S/C12H19N3O3/c16-9-8-13-6-1-7-14-10-11-2-4-12(5-3-11)15(17)18/h2-5,13-14,16H,1,6-10H2. The Kier molecular flexibility index (Phi) is 6.93. The molecule has 0 saturated carbocycles. The van der Waals surface area contributed by atoms with E-state index in [4.69, 9.17) is 5.11 Å². The van der Waals surface area contributed by atoms with Gasteiger partial charge in [-0.05, 0) is 25.1 Å². The first kappa shape index (κ1) is 14.6. The van der Waals surface area contributed by atoms with E-state index >= 15 is 0 Å². The lowest BCUT2D eigenvalue weighted by Gasteiger charge is -2.05. The number of hydrogen-bond acceptors (Lipinski definition) is 5. The van der Waals surface area contributed by atoms with Crippen LogP contribution in [0.25, 0.3) is 0 Å². The molecule has 0 aliphatic carbocycles. The van der Waals surface area contributed by atoms with Crippen molar-refractivity contribution in [1.29, 1.82) is 0 Å². The van der Waals surface area contributed by atoms with Gasteiger partial charge in [0.1, 0.15) is 0 Å². The molecule has 6 nitrogen and oxygen atoms in total. The van der Waals surface area contributed by atoms with E-state index in [-0.39, 0.29) is 12.3 Å². The molecule has 0 aliphatic heterocycles. The van der Waals surface area contributed by atoms with Crippen LogP contribution < -0.4 is 10.6 Å². The molecule has 1 aromatic carbocycles. The summed E-state index contributed by atoms with van der Waals surface area (Å²) in [4.78, 5) is 10.1. The minimum absolute atomic E-state index is 0.118. The van der Waals surface area contributed by atoms with E-state index in [1.807, 2.05) is 0 Å². The van der Waals surface area contributed by atoms with Gasteiger partial charge < -0.3 is 15.7 Å². The van der Waals surface area contributed by atoms with Crippen molar-refractivity contribution in [3.8, 4) is 0 Å². The summed E-state index contributed by atoms with van der Waals surface area (Å²) in [7, 11) is 0. The molecule has 18 heavy (non-hydrogen) atoms. The number of aliphatic hydroxyl groups is 1. The molecule has 0 fully saturated rings. The highest BCUT2D eigenvalue weighted by atomic mass is 16.6. The molecule has 0 amide bonds. The molecular weight excluding hydrogens is 234 g/mol. The Morgan fingerprint density at radius 1 is 1.11 bits per heavy atom. The highest BCUT2D eigenvalue weighted by molar-refractivity contribution is 5.32. The topological polar surface area (TPSA) is 87.4 Å². The normalized spacial score (nSPS) is 10.5. The maximum Gasteiger partial charge on any atom is 0.269 e. The minimum atomic E-state index is -0.399. The predicted molar refractivity (Wildman–Crippen MR) is 69.4 cm³/mol. The van der Waals surface area contributed by atoms with Crippen LogP contribution in [0.4, 0.5) is 5.69 Å². The van der Waals surface area contributed by atoms with Gasteiger partial charge in [0.2, 0.25) is 0 Å². The summed E-state index contributed by atoms with van der Waals surface area (Å²) < 4.78 is 0. The van der Waals surface area contributed by atoms with Crippen LogP contribution >= 0.6 is 0 Å². The molecule has 3 N–H and O–H groups in total. The quantitative estimate of drug-likeness (QED) is 0.342. The molecule has 0 saturated heterocycles. The first-order valence-electron chi connectivity index (χ1n) is 5.99. The Morgan fingerprint density at radius 3 is 2.39 bits per heavy atom. The SMILES string of the molecule is O=[N+]([O-])c1ccc(CNCCCNCCO)cc1. The molecule has 0 radical (unpaired) electrons. The number of nitrogens with zero attached hydrogens (tertiary/aromatic N) is 1. The van der Waals surface area contributed by atoms with E-state index in [9.17, 15) is 10.1 Å². The van der Waals surface area contributed by atoms with Gasteiger partial charge in [-0.2, -0.15) is 0 Å². The van der Waals surface area contributed by atoms with Crippen molar-refractivity contribution in [2.75, 3.05) is 26.2 Å². The molecule has 0 heterocycles. The number of nitro benzene ring substituents is 1. The summed E-state index contributed by atoms with van der Waals surface area (Å²) in [6.45, 7) is 3.24. The van der Waals surface area contributed by atoms with Gasteiger partial charge in [-0.3, -0.25) is 10.1 Å². The van der Waals surface area contributed by atoms with Crippen molar-refractivity contribution in [2.24, 2.45) is 0 Å². The maximum absolute atomic E-state index is 10.5. The third-order valence-electron chi connectivity index (χ3n) is 2.47. The molecular formula is C12H19N3O3. The summed E-state index contributed by atoms with van der Waals surface area (Å²) in [5.41, 5.74) is 1.15. The van der Waals surface area contributed by atoms with Crippen LogP contribution in [-0.4, -0.2) is 36.3 Å². The van der Waals surface area contributed by atoms with Crippen LogP contribution in [0.5, 0.6) is 0 Å². The molecule has 0 aromatic heterocycles. The van der Waals surface area contributed by atoms with Gasteiger partial charge >= 0.3 is 0 Å². The largest absolute Gasteiger partial charge is 0.395 e. The molecule has 6 heteroatoms. The van der Waals surface area contributed by atoms with Crippen LogP contribution in [0.3, 0.4) is 0 Å². The monoisotopic (exact) mass is 253 g/mol. The molecule has 0 aliphatic rings. The number of benzene rings is 1. The third-order valence-corrected chi connectivity index (χ3v) is 2.47. The second-order valence-electron chi connectivity index (χ2n) is 3.93.